The van der Waals surface area contributed by atoms with Crippen molar-refractivity contribution < 1.29 is 33.6 Å². The quantitative estimate of drug-likeness (QED) is 0.297. The number of likely N-dealkylation sites (N-methyl/N-ethyl adjacent to an activating group) is 1. The normalized spacial score (nSPS) is 23.2. The van der Waals surface area contributed by atoms with E-state index in [1.807, 2.05) is 13.8 Å². The lowest BCUT2D eigenvalue weighted by Crippen LogP contribution is -2.47. The van der Waals surface area contributed by atoms with E-state index in [1.54, 1.807) is 41.3 Å². The van der Waals surface area contributed by atoms with Gasteiger partial charge in [-0.2, -0.15) is 0 Å². The first kappa shape index (κ1) is 35.8. The van der Waals surface area contributed by atoms with E-state index in [2.05, 4.69) is 29.5 Å². The number of aliphatic hydroxyl groups is 1. The topological polar surface area (TPSA) is 122 Å². The van der Waals surface area contributed by atoms with E-state index in [-0.39, 0.29) is 37.4 Å². The number of ether oxygens (including phenoxy) is 4. The number of carbonyl (C=O) groups excluding carboxylic acids is 2. The third-order valence-corrected chi connectivity index (χ3v) is 9.73. The van der Waals surface area contributed by atoms with Crippen molar-refractivity contribution in [1.82, 2.24) is 9.80 Å². The lowest BCUT2D eigenvalue weighted by molar-refractivity contribution is -0.0190. The summed E-state index contributed by atoms with van der Waals surface area (Å²) >= 11 is 0. The van der Waals surface area contributed by atoms with Gasteiger partial charge in [-0.25, -0.2) is 4.79 Å². The molecule has 2 aromatic rings. The number of carbonyl (C=O) groups is 2. The van der Waals surface area contributed by atoms with Crippen LogP contribution in [0.4, 0.5) is 16.2 Å². The van der Waals surface area contributed by atoms with Crippen molar-refractivity contribution in [2.24, 2.45) is 11.8 Å². The van der Waals surface area contributed by atoms with Crippen LogP contribution in [0.15, 0.2) is 36.4 Å². The van der Waals surface area contributed by atoms with E-state index in [0.29, 0.717) is 47.3 Å². The molecular formula is C37H54N4O7. The molecule has 0 aromatic heterocycles. The van der Waals surface area contributed by atoms with Crippen LogP contribution in [0.5, 0.6) is 17.2 Å². The van der Waals surface area contributed by atoms with Gasteiger partial charge < -0.3 is 44.5 Å². The largest absolute Gasteiger partial charge is 0.490 e. The monoisotopic (exact) mass is 666 g/mol. The summed E-state index contributed by atoms with van der Waals surface area (Å²) in [6.07, 6.45) is 9.03. The van der Waals surface area contributed by atoms with Gasteiger partial charge in [0, 0.05) is 49.6 Å². The molecule has 0 bridgehead atoms. The minimum atomic E-state index is -0.469. The van der Waals surface area contributed by atoms with Crippen molar-refractivity contribution in [3.63, 3.8) is 0 Å². The van der Waals surface area contributed by atoms with E-state index in [0.717, 1.165) is 38.3 Å². The highest BCUT2D eigenvalue weighted by Gasteiger charge is 2.31. The second-order valence-electron chi connectivity index (χ2n) is 13.9. The van der Waals surface area contributed by atoms with Crippen molar-refractivity contribution in [2.75, 3.05) is 57.3 Å². The summed E-state index contributed by atoms with van der Waals surface area (Å²) in [5.41, 5.74) is 1.31. The molecule has 0 unspecified atom stereocenters. The predicted octanol–water partition coefficient (Wildman–Crippen LogP) is 6.37. The zero-order valence-electron chi connectivity index (χ0n) is 29.0. The predicted molar refractivity (Wildman–Crippen MR) is 186 cm³/mol. The second-order valence-corrected chi connectivity index (χ2v) is 13.9. The van der Waals surface area contributed by atoms with Crippen LogP contribution >= 0.6 is 0 Å². The first-order valence-electron chi connectivity index (χ1n) is 17.7. The fraction of sp³-hybridized carbons (Fsp3) is 0.622. The Morgan fingerprint density at radius 3 is 2.38 bits per heavy atom. The van der Waals surface area contributed by atoms with Crippen molar-refractivity contribution >= 4 is 23.3 Å². The standard InChI is InChI=1S/C37H54N4O7/c1-25-20-41(26(2)23-42)36(43)31-18-29(38-37(44)39-30-14-16-33-34(19-30)47-24-46-33)13-15-32(31)48-27(3)10-8-9-17-45-35(25)22-40(4)21-28-11-6-5-7-12-28/h13-16,18-19,25-28,35,42H,5-12,17,20-24H2,1-4H3,(H2,38,39,44)/t25-,26+,27-,35-/m1/s1. The third kappa shape index (κ3) is 9.76. The average Bonchev–Trinajstić information content (AvgIpc) is 3.54. The Balaban J connectivity index is 1.35. The Kier molecular flexibility index (Phi) is 12.8. The highest BCUT2D eigenvalue weighted by Crippen LogP contribution is 2.34. The molecular weight excluding hydrogens is 612 g/mol. The van der Waals surface area contributed by atoms with Gasteiger partial charge in [-0.3, -0.25) is 4.79 Å². The summed E-state index contributed by atoms with van der Waals surface area (Å²) < 4.78 is 23.7. The lowest BCUT2D eigenvalue weighted by atomic mass is 9.89. The number of hydrogen-bond acceptors (Lipinski definition) is 8. The number of nitrogens with one attached hydrogen (secondary N) is 2. The number of aliphatic hydroxyl groups excluding tert-OH is 1. The minimum Gasteiger partial charge on any atom is -0.490 e. The highest BCUT2D eigenvalue weighted by atomic mass is 16.7. The van der Waals surface area contributed by atoms with Crippen LogP contribution in [0.2, 0.25) is 0 Å². The van der Waals surface area contributed by atoms with Crippen molar-refractivity contribution in [3.05, 3.63) is 42.0 Å². The van der Waals surface area contributed by atoms with Gasteiger partial charge in [0.05, 0.1) is 30.4 Å². The van der Waals surface area contributed by atoms with Gasteiger partial charge in [0.25, 0.3) is 5.91 Å². The summed E-state index contributed by atoms with van der Waals surface area (Å²) in [5, 5.41) is 15.9. The summed E-state index contributed by atoms with van der Waals surface area (Å²) in [5.74, 6) is 2.11. The SMILES string of the molecule is C[C@@H]1CCCCO[C@H](CN(C)CC2CCCCC2)[C@H](C)CN([C@@H](C)CO)C(=O)c2cc(NC(=O)Nc3ccc4c(c3)OCO4)ccc2O1. The molecule has 2 aromatic carbocycles. The maximum atomic E-state index is 14.4. The third-order valence-electron chi connectivity index (χ3n) is 9.73. The summed E-state index contributed by atoms with van der Waals surface area (Å²) in [6.45, 7) is 8.85. The van der Waals surface area contributed by atoms with E-state index >= 15 is 0 Å². The van der Waals surface area contributed by atoms with Crippen molar-refractivity contribution in [1.29, 1.82) is 0 Å². The molecule has 2 aliphatic heterocycles. The fourth-order valence-corrected chi connectivity index (χ4v) is 6.92. The van der Waals surface area contributed by atoms with Gasteiger partial charge in [0.2, 0.25) is 6.79 Å². The number of nitrogens with zero attached hydrogens (tertiary/aromatic N) is 2. The molecule has 5 rings (SSSR count). The number of urea groups is 1. The summed E-state index contributed by atoms with van der Waals surface area (Å²) in [4.78, 5) is 31.5. The molecule has 0 spiro atoms. The Hall–Kier alpha value is -3.54. The molecule has 48 heavy (non-hydrogen) atoms. The van der Waals surface area contributed by atoms with Gasteiger partial charge >= 0.3 is 6.03 Å². The maximum Gasteiger partial charge on any atom is 0.323 e. The van der Waals surface area contributed by atoms with Crippen LogP contribution in [-0.2, 0) is 4.74 Å². The van der Waals surface area contributed by atoms with Crippen LogP contribution in [-0.4, -0.2) is 91.8 Å². The molecule has 3 N–H and O–H groups in total. The van der Waals surface area contributed by atoms with Crippen LogP contribution in [0.3, 0.4) is 0 Å². The lowest BCUT2D eigenvalue weighted by Gasteiger charge is -2.36. The van der Waals surface area contributed by atoms with Gasteiger partial charge in [0.1, 0.15) is 5.75 Å². The Labute approximate surface area is 285 Å². The average molecular weight is 667 g/mol. The van der Waals surface area contributed by atoms with Crippen molar-refractivity contribution in [3.8, 4) is 17.2 Å². The van der Waals surface area contributed by atoms with E-state index < -0.39 is 12.1 Å². The van der Waals surface area contributed by atoms with Gasteiger partial charge in [-0.15, -0.1) is 0 Å². The Bertz CT molecular complexity index is 1370. The summed E-state index contributed by atoms with van der Waals surface area (Å²) in [7, 11) is 2.18. The fourth-order valence-electron chi connectivity index (χ4n) is 6.92. The second kappa shape index (κ2) is 17.2. The number of amides is 3. The summed E-state index contributed by atoms with van der Waals surface area (Å²) in [6, 6.07) is 9.39. The molecule has 11 heteroatoms. The molecule has 11 nitrogen and oxygen atoms in total. The van der Waals surface area contributed by atoms with Crippen LogP contribution < -0.4 is 24.8 Å². The van der Waals surface area contributed by atoms with Crippen LogP contribution in [0, 0.1) is 11.8 Å². The molecule has 3 aliphatic rings. The van der Waals surface area contributed by atoms with Gasteiger partial charge in [-0.05, 0) is 89.2 Å². The molecule has 1 aliphatic carbocycles. The molecule has 264 valence electrons. The number of fused-ring (bicyclic) bond motifs is 2. The molecule has 0 saturated heterocycles. The minimum absolute atomic E-state index is 0.0109. The number of anilines is 2. The first-order chi connectivity index (χ1) is 23.2. The molecule has 1 fully saturated rings. The zero-order valence-corrected chi connectivity index (χ0v) is 29.0. The van der Waals surface area contributed by atoms with Crippen LogP contribution in [0.25, 0.3) is 0 Å². The smallest absolute Gasteiger partial charge is 0.323 e. The Morgan fingerprint density at radius 1 is 0.938 bits per heavy atom. The Morgan fingerprint density at radius 2 is 1.62 bits per heavy atom. The zero-order chi connectivity index (χ0) is 34.0. The van der Waals surface area contributed by atoms with Gasteiger partial charge in [0.15, 0.2) is 11.5 Å². The highest BCUT2D eigenvalue weighted by molar-refractivity contribution is 6.02. The molecule has 3 amide bonds. The molecule has 4 atom stereocenters. The van der Waals surface area contributed by atoms with Crippen LogP contribution in [0.1, 0.15) is 82.5 Å². The van der Waals surface area contributed by atoms with Gasteiger partial charge in [-0.1, -0.05) is 26.2 Å². The first-order valence-corrected chi connectivity index (χ1v) is 17.7. The van der Waals surface area contributed by atoms with E-state index in [9.17, 15) is 14.7 Å². The molecule has 0 radical (unpaired) electrons. The van der Waals surface area contributed by atoms with E-state index in [1.165, 1.54) is 32.1 Å². The molecule has 2 heterocycles. The van der Waals surface area contributed by atoms with Crippen molar-refractivity contribution in [2.45, 2.75) is 90.4 Å². The number of rotatable bonds is 8. The molecule has 1 saturated carbocycles. The maximum absolute atomic E-state index is 14.4. The van der Waals surface area contributed by atoms with E-state index in [4.69, 9.17) is 18.9 Å². The number of hydrogen-bond donors (Lipinski definition) is 3. The number of benzene rings is 2.